The van der Waals surface area contributed by atoms with Gasteiger partial charge in [0.05, 0.1) is 9.79 Å². The number of nitrogens with zero attached hydrogens (tertiary/aromatic N) is 1. The normalized spacial score (nSPS) is 26.4. The van der Waals surface area contributed by atoms with E-state index in [2.05, 4.69) is 0 Å². The van der Waals surface area contributed by atoms with Crippen molar-refractivity contribution < 1.29 is 19.6 Å². The molecule has 0 saturated heterocycles. The summed E-state index contributed by atoms with van der Waals surface area (Å²) in [5, 5.41) is -2.51. The maximum atomic E-state index is 13.5. The molecule has 3 aliphatic rings. The van der Waals surface area contributed by atoms with E-state index in [0.717, 1.165) is 0 Å². The number of fused-ring (bicyclic) bond motifs is 4. The van der Waals surface area contributed by atoms with Crippen LogP contribution < -0.4 is 4.90 Å². The van der Waals surface area contributed by atoms with E-state index in [1.165, 1.54) is 36.4 Å². The molecule has 6 rings (SSSR count). The predicted octanol–water partition coefficient (Wildman–Crippen LogP) is 4.18. The molecule has 0 saturated carbocycles. The minimum absolute atomic E-state index is 0.167. The quantitative estimate of drug-likeness (QED) is 0.541. The van der Waals surface area contributed by atoms with Crippen LogP contribution in [0, 0.1) is 0 Å². The molecule has 7 heteroatoms. The molecule has 0 radical (unpaired) electrons. The minimum Gasteiger partial charge on any atom is -0.310 e. The number of sulfone groups is 2. The number of hydrogen-bond acceptors (Lipinski definition) is 5. The van der Waals surface area contributed by atoms with E-state index >= 15 is 0 Å². The van der Waals surface area contributed by atoms with Crippen LogP contribution in [0.5, 0.6) is 0 Å². The molecular formula is C25H19NO4S2. The van der Waals surface area contributed by atoms with E-state index in [9.17, 15) is 16.8 Å². The van der Waals surface area contributed by atoms with Crippen LogP contribution in [0.3, 0.4) is 0 Å². The molecule has 2 atom stereocenters. The number of hydrogen-bond donors (Lipinski definition) is 0. The molecule has 0 spiro atoms. The molecule has 2 unspecified atom stereocenters. The molecule has 0 amide bonds. The van der Waals surface area contributed by atoms with Crippen LogP contribution in [0.2, 0.25) is 0 Å². The number of rotatable bonds is 1. The maximum Gasteiger partial charge on any atom is 0.187 e. The molecule has 5 nitrogen and oxygen atoms in total. The van der Waals surface area contributed by atoms with Gasteiger partial charge in [-0.2, -0.15) is 0 Å². The third-order valence-corrected chi connectivity index (χ3v) is 10.7. The van der Waals surface area contributed by atoms with Gasteiger partial charge in [0.2, 0.25) is 0 Å². The molecule has 3 aromatic rings. The highest BCUT2D eigenvalue weighted by atomic mass is 32.2. The summed E-state index contributed by atoms with van der Waals surface area (Å²) in [6.07, 6.45) is 2.81. The number of benzene rings is 3. The average Bonchev–Trinajstić information content (AvgIpc) is 2.83. The van der Waals surface area contributed by atoms with Crippen molar-refractivity contribution >= 4 is 31.0 Å². The van der Waals surface area contributed by atoms with Gasteiger partial charge in [0, 0.05) is 26.2 Å². The van der Waals surface area contributed by atoms with Gasteiger partial charge in [0.25, 0.3) is 0 Å². The first-order valence-electron chi connectivity index (χ1n) is 11.1. The Hall–Kier alpha value is -3.16. The Balaban J connectivity index is 1.58. The zero-order valence-corrected chi connectivity index (χ0v) is 18.3. The van der Waals surface area contributed by atoms with Crippen LogP contribution in [-0.4, -0.2) is 27.3 Å². The average molecular weight is 464 g/mol. The Labute approximate surface area is 190 Å². The minimum atomic E-state index is -3.97. The number of para-hydroxylation sites is 2. The lowest BCUT2D eigenvalue weighted by atomic mass is 9.94. The maximum absolute atomic E-state index is 13.5. The molecular weight excluding hydrogens is 442 g/mol. The van der Waals surface area contributed by atoms with E-state index in [4.69, 9.17) is 2.74 Å². The van der Waals surface area contributed by atoms with Crippen molar-refractivity contribution in [1.29, 1.82) is 0 Å². The highest BCUT2D eigenvalue weighted by Crippen LogP contribution is 2.45. The molecule has 3 aromatic carbocycles. The zero-order valence-electron chi connectivity index (χ0n) is 18.7. The molecule has 1 aliphatic carbocycles. The summed E-state index contributed by atoms with van der Waals surface area (Å²) < 4.78 is 71.1. The van der Waals surface area contributed by atoms with Gasteiger partial charge in [-0.15, -0.1) is 0 Å². The molecule has 0 fully saturated rings. The summed E-state index contributed by atoms with van der Waals surface area (Å²) in [4.78, 5) is 1.46. The number of allylic oxidation sites excluding steroid dienone is 1. The van der Waals surface area contributed by atoms with Crippen LogP contribution >= 0.6 is 0 Å². The lowest BCUT2D eigenvalue weighted by Gasteiger charge is -2.37. The van der Waals surface area contributed by atoms with Crippen molar-refractivity contribution in [3.63, 3.8) is 0 Å². The van der Waals surface area contributed by atoms with Crippen LogP contribution in [-0.2, 0) is 26.0 Å². The second kappa shape index (κ2) is 6.67. The van der Waals surface area contributed by atoms with Gasteiger partial charge in [0.1, 0.15) is 10.5 Å². The Morgan fingerprint density at radius 3 is 1.81 bits per heavy atom. The summed E-state index contributed by atoms with van der Waals surface area (Å²) in [7, 11) is -7.87. The van der Waals surface area contributed by atoms with Gasteiger partial charge >= 0.3 is 0 Å². The molecule has 0 N–H and O–H groups in total. The second-order valence-electron chi connectivity index (χ2n) is 7.91. The first-order valence-corrected chi connectivity index (χ1v) is 13.2. The zero-order chi connectivity index (χ0) is 23.9. The van der Waals surface area contributed by atoms with E-state index in [-0.39, 0.29) is 9.79 Å². The van der Waals surface area contributed by atoms with E-state index in [1.54, 1.807) is 59.5 Å². The van der Waals surface area contributed by atoms with Gasteiger partial charge in [-0.1, -0.05) is 54.6 Å². The molecule has 32 heavy (non-hydrogen) atoms. The van der Waals surface area contributed by atoms with Gasteiger partial charge in [-0.3, -0.25) is 0 Å². The number of anilines is 2. The Morgan fingerprint density at radius 2 is 1.22 bits per heavy atom. The van der Waals surface area contributed by atoms with Crippen molar-refractivity contribution in [2.75, 3.05) is 4.90 Å². The van der Waals surface area contributed by atoms with Crippen LogP contribution in [0.25, 0.3) is 0 Å². The standard InChI is InChI=1S/C25H19NO4S2/c27-31(28)22-11-5-6-12-23(22)32(29,30)25-16-19(13-14-24(25)31)26-20-9-3-1-7-17(20)15-18-8-2-4-10-21(18)26/h1-14,16,24-25H,15H2/i15D2. The van der Waals surface area contributed by atoms with Gasteiger partial charge in [-0.25, -0.2) is 16.8 Å². The molecule has 160 valence electrons. The Bertz CT molecular complexity index is 1590. The van der Waals surface area contributed by atoms with Gasteiger partial charge in [0.15, 0.2) is 19.7 Å². The van der Waals surface area contributed by atoms with E-state index in [1.807, 2.05) is 0 Å². The highest BCUT2D eigenvalue weighted by molar-refractivity contribution is 7.99. The fraction of sp³-hybridized carbons (Fsp3) is 0.120. The van der Waals surface area contributed by atoms with Crippen molar-refractivity contribution in [3.05, 3.63) is 108 Å². The monoisotopic (exact) mass is 463 g/mol. The third kappa shape index (κ3) is 2.61. The molecule has 2 heterocycles. The first kappa shape index (κ1) is 17.4. The lowest BCUT2D eigenvalue weighted by molar-refractivity contribution is 0.559. The lowest BCUT2D eigenvalue weighted by Crippen LogP contribution is -2.44. The molecule has 2 aliphatic heterocycles. The van der Waals surface area contributed by atoms with E-state index < -0.39 is 36.5 Å². The van der Waals surface area contributed by atoms with Crippen LogP contribution in [0.1, 0.15) is 13.9 Å². The first-order chi connectivity index (χ1) is 16.1. The Kier molecular flexibility index (Phi) is 3.63. The van der Waals surface area contributed by atoms with Crippen molar-refractivity contribution in [1.82, 2.24) is 0 Å². The smallest absolute Gasteiger partial charge is 0.187 e. The fourth-order valence-corrected chi connectivity index (χ4v) is 9.51. The van der Waals surface area contributed by atoms with Gasteiger partial charge in [-0.05, 0) is 47.5 Å². The SMILES string of the molecule is [2H]C1([2H])c2ccccc2N(C2=CC3C(C=C2)S(=O)(=O)c2ccccc2S3(=O)=O)c2ccccc21. The third-order valence-electron chi connectivity index (χ3n) is 6.11. The summed E-state index contributed by atoms with van der Waals surface area (Å²) in [5.74, 6) is 0. The molecule has 0 bridgehead atoms. The van der Waals surface area contributed by atoms with Crippen molar-refractivity contribution in [3.8, 4) is 0 Å². The van der Waals surface area contributed by atoms with Crippen molar-refractivity contribution in [2.24, 2.45) is 0 Å². The predicted molar refractivity (Wildman–Crippen MR) is 123 cm³/mol. The van der Waals surface area contributed by atoms with Crippen LogP contribution in [0.15, 0.2) is 107 Å². The van der Waals surface area contributed by atoms with Crippen LogP contribution in [0.4, 0.5) is 11.4 Å². The molecule has 0 aromatic heterocycles. The van der Waals surface area contributed by atoms with E-state index in [0.29, 0.717) is 28.2 Å². The van der Waals surface area contributed by atoms with Crippen molar-refractivity contribution in [2.45, 2.75) is 26.7 Å². The second-order valence-corrected chi connectivity index (χ2v) is 12.1. The largest absolute Gasteiger partial charge is 0.310 e. The summed E-state index contributed by atoms with van der Waals surface area (Å²) in [6.45, 7) is 0. The topological polar surface area (TPSA) is 71.5 Å². The Morgan fingerprint density at radius 1 is 0.719 bits per heavy atom. The summed E-state index contributed by atoms with van der Waals surface area (Å²) >= 11 is 0. The van der Waals surface area contributed by atoms with Gasteiger partial charge < -0.3 is 4.90 Å². The summed E-state index contributed by atoms with van der Waals surface area (Å²) in [5.41, 5.74) is 2.55. The summed E-state index contributed by atoms with van der Waals surface area (Å²) in [6, 6.07) is 19.8. The fourth-order valence-electron chi connectivity index (χ4n) is 4.63. The highest BCUT2D eigenvalue weighted by Gasteiger charge is 2.49.